The van der Waals surface area contributed by atoms with E-state index in [1.165, 1.54) is 25.4 Å². The highest BCUT2D eigenvalue weighted by Gasteiger charge is 2.48. The summed E-state index contributed by atoms with van der Waals surface area (Å²) in [5.74, 6) is -0.631. The summed E-state index contributed by atoms with van der Waals surface area (Å²) >= 11 is 0. The van der Waals surface area contributed by atoms with Crippen molar-refractivity contribution < 1.29 is 36.9 Å². The van der Waals surface area contributed by atoms with Gasteiger partial charge in [-0.2, -0.15) is 13.2 Å². The lowest BCUT2D eigenvalue weighted by molar-refractivity contribution is -0.150. The fraction of sp³-hybridized carbons (Fsp3) is 0.600. The minimum Gasteiger partial charge on any atom is -0.382 e. The van der Waals surface area contributed by atoms with Crippen molar-refractivity contribution in [3.63, 3.8) is 0 Å². The van der Waals surface area contributed by atoms with Gasteiger partial charge < -0.3 is 25.6 Å². The highest BCUT2D eigenvalue weighted by molar-refractivity contribution is 6.00. The maximum Gasteiger partial charge on any atom is 0.410 e. The number of amides is 4. The third-order valence-electron chi connectivity index (χ3n) is 7.42. The van der Waals surface area contributed by atoms with Crippen molar-refractivity contribution in [2.45, 2.75) is 63.8 Å². The number of hydrogen-bond donors (Lipinski definition) is 3. The Morgan fingerprint density at radius 1 is 1.25 bits per heavy atom. The Balaban J connectivity index is 1.53. The lowest BCUT2D eigenvalue weighted by Crippen LogP contribution is -2.49. The van der Waals surface area contributed by atoms with Crippen LogP contribution in [0.4, 0.5) is 23.8 Å². The Labute approximate surface area is 228 Å². The van der Waals surface area contributed by atoms with Gasteiger partial charge in [-0.25, -0.2) is 14.4 Å². The maximum absolute atomic E-state index is 13.5. The van der Waals surface area contributed by atoms with Crippen molar-refractivity contribution in [1.82, 2.24) is 30.8 Å². The summed E-state index contributed by atoms with van der Waals surface area (Å²) in [5.41, 5.74) is 0.679. The minimum absolute atomic E-state index is 0.0226. The maximum atomic E-state index is 13.5. The van der Waals surface area contributed by atoms with Crippen molar-refractivity contribution >= 4 is 23.7 Å². The molecule has 0 radical (unpaired) electrons. The predicted molar refractivity (Wildman–Crippen MR) is 134 cm³/mol. The normalized spacial score (nSPS) is 22.9. The number of ether oxygens (including phenoxy) is 1. The molecule has 1 unspecified atom stereocenters. The topological polar surface area (TPSA) is 152 Å². The van der Waals surface area contributed by atoms with Gasteiger partial charge in [0.05, 0.1) is 19.2 Å². The van der Waals surface area contributed by atoms with Crippen LogP contribution in [0.25, 0.3) is 0 Å². The molecule has 1 saturated carbocycles. The van der Waals surface area contributed by atoms with Crippen LogP contribution in [0, 0.1) is 18.8 Å². The summed E-state index contributed by atoms with van der Waals surface area (Å²) < 4.78 is 49.6. The first kappa shape index (κ1) is 29.2. The SMILES string of the molecule is COCC(c1ccnc(NC(=O)[C@@H](NC(=O)c2nonc2C)C2CCC(C)CC2)c1)N1C[C@@H](C(F)(F)F)NC1=O. The molecule has 2 aromatic rings. The van der Waals surface area contributed by atoms with E-state index in [4.69, 9.17) is 4.74 Å². The number of nitrogens with one attached hydrogen (secondary N) is 3. The molecule has 12 nitrogen and oxygen atoms in total. The molecule has 2 aromatic heterocycles. The van der Waals surface area contributed by atoms with Crippen molar-refractivity contribution in [3.8, 4) is 0 Å². The zero-order valence-corrected chi connectivity index (χ0v) is 22.3. The molecular formula is C25H32F3N7O5. The largest absolute Gasteiger partial charge is 0.410 e. The fourth-order valence-corrected chi connectivity index (χ4v) is 5.13. The van der Waals surface area contributed by atoms with E-state index in [0.29, 0.717) is 11.5 Å². The molecule has 0 bridgehead atoms. The number of aryl methyl sites for hydroxylation is 1. The Hall–Kier alpha value is -3.75. The van der Waals surface area contributed by atoms with Crippen LogP contribution in [0.1, 0.15) is 60.4 Å². The number of halogens is 3. The second-order valence-electron chi connectivity index (χ2n) is 10.3. The number of carbonyl (C=O) groups is 3. The van der Waals surface area contributed by atoms with Crippen LogP contribution in [0.2, 0.25) is 0 Å². The van der Waals surface area contributed by atoms with Gasteiger partial charge in [-0.3, -0.25) is 9.59 Å². The molecule has 1 saturated heterocycles. The van der Waals surface area contributed by atoms with Gasteiger partial charge in [0.2, 0.25) is 5.91 Å². The number of rotatable bonds is 9. The highest BCUT2D eigenvalue weighted by Crippen LogP contribution is 2.32. The molecule has 3 N–H and O–H groups in total. The second kappa shape index (κ2) is 12.2. The van der Waals surface area contributed by atoms with E-state index in [1.54, 1.807) is 6.92 Å². The lowest BCUT2D eigenvalue weighted by Gasteiger charge is -2.32. The van der Waals surface area contributed by atoms with Gasteiger partial charge in [0.25, 0.3) is 5.91 Å². The fourth-order valence-electron chi connectivity index (χ4n) is 5.13. The third kappa shape index (κ3) is 6.69. The Morgan fingerprint density at radius 2 is 1.98 bits per heavy atom. The lowest BCUT2D eigenvalue weighted by atomic mass is 9.79. The van der Waals surface area contributed by atoms with E-state index < -0.39 is 48.7 Å². The number of urea groups is 1. The first-order chi connectivity index (χ1) is 19.0. The molecule has 3 heterocycles. The summed E-state index contributed by atoms with van der Waals surface area (Å²) in [6.07, 6.45) is 0.0303. The molecule has 1 aliphatic carbocycles. The van der Waals surface area contributed by atoms with Gasteiger partial charge in [0, 0.05) is 13.3 Å². The van der Waals surface area contributed by atoms with Gasteiger partial charge in [0.15, 0.2) is 5.69 Å². The van der Waals surface area contributed by atoms with Crippen molar-refractivity contribution in [3.05, 3.63) is 35.3 Å². The van der Waals surface area contributed by atoms with Gasteiger partial charge in [0.1, 0.15) is 23.6 Å². The van der Waals surface area contributed by atoms with Gasteiger partial charge in [-0.1, -0.05) is 24.9 Å². The third-order valence-corrected chi connectivity index (χ3v) is 7.42. The smallest absolute Gasteiger partial charge is 0.382 e. The predicted octanol–water partition coefficient (Wildman–Crippen LogP) is 2.98. The summed E-state index contributed by atoms with van der Waals surface area (Å²) in [4.78, 5) is 44.0. The minimum atomic E-state index is -4.60. The average molecular weight is 568 g/mol. The summed E-state index contributed by atoms with van der Waals surface area (Å²) in [6.45, 7) is 3.02. The van der Waals surface area contributed by atoms with Crippen LogP contribution in [-0.4, -0.2) is 76.6 Å². The number of hydrogen-bond acceptors (Lipinski definition) is 8. The Kier molecular flexibility index (Phi) is 8.91. The highest BCUT2D eigenvalue weighted by atomic mass is 19.4. The summed E-state index contributed by atoms with van der Waals surface area (Å²) in [6, 6.07) is -1.65. The van der Waals surface area contributed by atoms with Gasteiger partial charge >= 0.3 is 12.2 Å². The van der Waals surface area contributed by atoms with Crippen molar-refractivity contribution in [2.75, 3.05) is 25.6 Å². The molecule has 0 aromatic carbocycles. The Bertz CT molecular complexity index is 1220. The standard InChI is InChI=1S/C25H32F3N7O5/c1-13-4-6-15(7-5-13)21(32-22(36)20-14(2)33-40-34-20)23(37)31-19-10-16(8-9-29-19)17(12-39-3)35-11-18(25(26,27)28)30-24(35)38/h8-10,13,15,17-18,21H,4-7,11-12H2,1-3H3,(H,30,38)(H,32,36)(H,29,31,37)/t13?,15?,17?,18-,21-/m0/s1. The Morgan fingerprint density at radius 3 is 2.58 bits per heavy atom. The number of pyridine rings is 1. The molecule has 4 amide bonds. The number of anilines is 1. The molecule has 40 heavy (non-hydrogen) atoms. The monoisotopic (exact) mass is 567 g/mol. The first-order valence-electron chi connectivity index (χ1n) is 13.0. The molecule has 0 spiro atoms. The quantitative estimate of drug-likeness (QED) is 0.418. The molecule has 3 atom stereocenters. The molecule has 1 aliphatic heterocycles. The first-order valence-corrected chi connectivity index (χ1v) is 13.0. The van der Waals surface area contributed by atoms with Gasteiger partial charge in [-0.15, -0.1) is 0 Å². The molecule has 218 valence electrons. The number of aromatic nitrogens is 3. The number of methoxy groups -OCH3 is 1. The van der Waals surface area contributed by atoms with E-state index in [0.717, 1.165) is 30.6 Å². The molecular weight excluding hydrogens is 535 g/mol. The molecule has 4 rings (SSSR count). The van der Waals surface area contributed by atoms with Crippen LogP contribution in [0.15, 0.2) is 23.0 Å². The number of carbonyl (C=O) groups excluding carboxylic acids is 3. The zero-order valence-electron chi connectivity index (χ0n) is 22.3. The van der Waals surface area contributed by atoms with Crippen molar-refractivity contribution in [1.29, 1.82) is 0 Å². The summed E-state index contributed by atoms with van der Waals surface area (Å²) in [5, 5.41) is 14.7. The van der Waals surface area contributed by atoms with Gasteiger partial charge in [-0.05, 0) is 54.5 Å². The zero-order chi connectivity index (χ0) is 29.0. The number of alkyl halides is 3. The van der Waals surface area contributed by atoms with Crippen LogP contribution < -0.4 is 16.0 Å². The van der Waals surface area contributed by atoms with Crippen molar-refractivity contribution in [2.24, 2.45) is 11.8 Å². The van der Waals surface area contributed by atoms with Crippen LogP contribution in [0.5, 0.6) is 0 Å². The van der Waals surface area contributed by atoms with Crippen LogP contribution in [-0.2, 0) is 9.53 Å². The molecule has 2 aliphatic rings. The van der Waals surface area contributed by atoms with E-state index in [2.05, 4.69) is 37.5 Å². The second-order valence-corrected chi connectivity index (χ2v) is 10.3. The number of nitrogens with zero attached hydrogens (tertiary/aromatic N) is 4. The van der Waals surface area contributed by atoms with Crippen LogP contribution in [0.3, 0.4) is 0 Å². The average Bonchev–Trinajstić information content (AvgIpc) is 3.52. The molecule has 15 heteroatoms. The van der Waals surface area contributed by atoms with E-state index in [9.17, 15) is 27.6 Å². The van der Waals surface area contributed by atoms with E-state index in [-0.39, 0.29) is 29.7 Å². The summed E-state index contributed by atoms with van der Waals surface area (Å²) in [7, 11) is 1.37. The van der Waals surface area contributed by atoms with Crippen LogP contribution >= 0.6 is 0 Å². The molecule has 2 fully saturated rings. The van der Waals surface area contributed by atoms with E-state index >= 15 is 0 Å². The van der Waals surface area contributed by atoms with E-state index in [1.807, 2.05) is 5.32 Å².